The number of ether oxygens (including phenoxy) is 1. The number of benzene rings is 1. The number of oxazole rings is 1. The fourth-order valence-corrected chi connectivity index (χ4v) is 3.48. The van der Waals surface area contributed by atoms with Crippen LogP contribution in [0.15, 0.2) is 46.0 Å². The molecule has 0 atom stereocenters. The van der Waals surface area contributed by atoms with Gasteiger partial charge in [-0.2, -0.15) is 4.98 Å². The fourth-order valence-electron chi connectivity index (χ4n) is 3.32. The second kappa shape index (κ2) is 7.16. The van der Waals surface area contributed by atoms with Gasteiger partial charge in [-0.25, -0.2) is 0 Å². The molecule has 3 rings (SSSR count). The Morgan fingerprint density at radius 1 is 1.42 bits per heavy atom. The first kappa shape index (κ1) is 18.5. The SMILES string of the molecule is CCN(C(=O)COc1nc2cc(Cl)ccc2o1)C1=CC(C)(C)CC(C)=C1. The molecular formula is C20H23ClN2O3. The van der Waals surface area contributed by atoms with Gasteiger partial charge in [0.05, 0.1) is 0 Å². The van der Waals surface area contributed by atoms with Crippen LogP contribution in [-0.2, 0) is 4.79 Å². The Morgan fingerprint density at radius 2 is 2.19 bits per heavy atom. The summed E-state index contributed by atoms with van der Waals surface area (Å²) in [4.78, 5) is 18.6. The van der Waals surface area contributed by atoms with Crippen LogP contribution in [-0.4, -0.2) is 28.9 Å². The molecule has 0 aliphatic heterocycles. The molecule has 0 N–H and O–H groups in total. The third kappa shape index (κ3) is 4.10. The molecule has 0 radical (unpaired) electrons. The van der Waals surface area contributed by atoms with Crippen molar-refractivity contribution in [2.75, 3.05) is 13.2 Å². The van der Waals surface area contributed by atoms with E-state index in [2.05, 4.69) is 37.9 Å². The lowest BCUT2D eigenvalue weighted by Crippen LogP contribution is -2.35. The molecule has 1 aromatic heterocycles. The minimum absolute atomic E-state index is 0.0300. The van der Waals surface area contributed by atoms with Gasteiger partial charge in [0.25, 0.3) is 5.91 Å². The Morgan fingerprint density at radius 3 is 2.88 bits per heavy atom. The molecule has 26 heavy (non-hydrogen) atoms. The maximum atomic E-state index is 12.7. The second-order valence-corrected chi connectivity index (χ2v) is 7.68. The van der Waals surface area contributed by atoms with E-state index in [1.165, 1.54) is 5.57 Å². The van der Waals surface area contributed by atoms with Crippen LogP contribution in [0.2, 0.25) is 5.02 Å². The number of rotatable bonds is 5. The molecule has 0 unspecified atom stereocenters. The first-order chi connectivity index (χ1) is 12.3. The zero-order valence-electron chi connectivity index (χ0n) is 15.5. The van der Waals surface area contributed by atoms with Crippen molar-refractivity contribution in [1.82, 2.24) is 9.88 Å². The van der Waals surface area contributed by atoms with E-state index in [0.29, 0.717) is 22.7 Å². The van der Waals surface area contributed by atoms with Crippen LogP contribution in [0.4, 0.5) is 0 Å². The molecule has 0 saturated heterocycles. The van der Waals surface area contributed by atoms with Crippen molar-refractivity contribution < 1.29 is 13.9 Å². The summed E-state index contributed by atoms with van der Waals surface area (Å²) in [6.45, 7) is 8.80. The van der Waals surface area contributed by atoms with E-state index in [4.69, 9.17) is 20.8 Å². The van der Waals surface area contributed by atoms with Crippen molar-refractivity contribution in [2.45, 2.75) is 34.1 Å². The van der Waals surface area contributed by atoms with Crippen molar-refractivity contribution in [3.05, 3.63) is 46.6 Å². The minimum Gasteiger partial charge on any atom is -0.440 e. The van der Waals surface area contributed by atoms with Gasteiger partial charge in [0.2, 0.25) is 0 Å². The summed E-state index contributed by atoms with van der Waals surface area (Å²) in [7, 11) is 0. The normalized spacial score (nSPS) is 16.2. The van der Waals surface area contributed by atoms with Gasteiger partial charge in [-0.3, -0.25) is 4.79 Å². The summed E-state index contributed by atoms with van der Waals surface area (Å²) in [6.07, 6.45) is 5.26. The summed E-state index contributed by atoms with van der Waals surface area (Å²) in [5.74, 6) is -0.138. The lowest BCUT2D eigenvalue weighted by Gasteiger charge is -2.31. The van der Waals surface area contributed by atoms with Gasteiger partial charge < -0.3 is 14.1 Å². The second-order valence-electron chi connectivity index (χ2n) is 7.24. The number of hydrogen-bond acceptors (Lipinski definition) is 4. The maximum absolute atomic E-state index is 12.7. The van der Waals surface area contributed by atoms with Gasteiger partial charge in [-0.1, -0.05) is 37.1 Å². The van der Waals surface area contributed by atoms with E-state index in [1.54, 1.807) is 23.1 Å². The van der Waals surface area contributed by atoms with Crippen LogP contribution >= 0.6 is 11.6 Å². The summed E-state index contributed by atoms with van der Waals surface area (Å²) >= 11 is 5.94. The molecule has 5 nitrogen and oxygen atoms in total. The number of hydrogen-bond donors (Lipinski definition) is 0. The topological polar surface area (TPSA) is 55.6 Å². The number of nitrogens with zero attached hydrogens (tertiary/aromatic N) is 2. The van der Waals surface area contributed by atoms with E-state index < -0.39 is 0 Å². The molecule has 1 amide bonds. The van der Waals surface area contributed by atoms with E-state index in [9.17, 15) is 4.79 Å². The zero-order chi connectivity index (χ0) is 18.9. The lowest BCUT2D eigenvalue weighted by atomic mass is 9.81. The molecule has 6 heteroatoms. The minimum atomic E-state index is -0.140. The van der Waals surface area contributed by atoms with Crippen molar-refractivity contribution >= 4 is 28.6 Å². The smallest absolute Gasteiger partial charge is 0.395 e. The average Bonchev–Trinajstić information content (AvgIpc) is 2.93. The van der Waals surface area contributed by atoms with Gasteiger partial charge >= 0.3 is 6.08 Å². The van der Waals surface area contributed by atoms with E-state index in [-0.39, 0.29) is 24.0 Å². The molecule has 0 bridgehead atoms. The van der Waals surface area contributed by atoms with Crippen LogP contribution < -0.4 is 4.74 Å². The Kier molecular flexibility index (Phi) is 5.10. The van der Waals surface area contributed by atoms with Gasteiger partial charge in [0, 0.05) is 17.3 Å². The van der Waals surface area contributed by atoms with Crippen LogP contribution in [0.1, 0.15) is 34.1 Å². The van der Waals surface area contributed by atoms with Crippen molar-refractivity contribution in [1.29, 1.82) is 0 Å². The van der Waals surface area contributed by atoms with Gasteiger partial charge in [0.15, 0.2) is 12.2 Å². The highest BCUT2D eigenvalue weighted by atomic mass is 35.5. The summed E-state index contributed by atoms with van der Waals surface area (Å²) in [6, 6.07) is 5.13. The van der Waals surface area contributed by atoms with Gasteiger partial charge in [0.1, 0.15) is 5.52 Å². The Labute approximate surface area is 158 Å². The number of allylic oxidation sites excluding steroid dienone is 3. The first-order valence-corrected chi connectivity index (χ1v) is 9.04. The van der Waals surface area contributed by atoms with Crippen molar-refractivity contribution in [3.8, 4) is 6.08 Å². The van der Waals surface area contributed by atoms with Gasteiger partial charge in [-0.15, -0.1) is 0 Å². The number of amides is 1. The number of fused-ring (bicyclic) bond motifs is 1. The average molecular weight is 375 g/mol. The van der Waals surface area contributed by atoms with Crippen LogP contribution in [0.25, 0.3) is 11.1 Å². The predicted octanol–water partition coefficient (Wildman–Crippen LogP) is 4.97. The van der Waals surface area contributed by atoms with Crippen molar-refractivity contribution in [2.24, 2.45) is 5.41 Å². The summed E-state index contributed by atoms with van der Waals surface area (Å²) < 4.78 is 11.0. The zero-order valence-corrected chi connectivity index (χ0v) is 16.3. The summed E-state index contributed by atoms with van der Waals surface area (Å²) in [5.41, 5.74) is 3.37. The molecule has 1 aliphatic rings. The number of aromatic nitrogens is 1. The summed E-state index contributed by atoms with van der Waals surface area (Å²) in [5, 5.41) is 0.569. The van der Waals surface area contributed by atoms with Crippen LogP contribution in [0.5, 0.6) is 6.08 Å². The monoisotopic (exact) mass is 374 g/mol. The Balaban J connectivity index is 1.72. The number of carbonyl (C=O) groups is 1. The van der Waals surface area contributed by atoms with Crippen LogP contribution in [0.3, 0.4) is 0 Å². The lowest BCUT2D eigenvalue weighted by molar-refractivity contribution is -0.131. The maximum Gasteiger partial charge on any atom is 0.395 e. The van der Waals surface area contributed by atoms with Crippen LogP contribution in [0, 0.1) is 5.41 Å². The van der Waals surface area contributed by atoms with E-state index in [0.717, 1.165) is 12.1 Å². The molecule has 0 spiro atoms. The molecule has 2 aromatic rings. The highest BCUT2D eigenvalue weighted by Gasteiger charge is 2.25. The highest BCUT2D eigenvalue weighted by molar-refractivity contribution is 6.31. The molecular weight excluding hydrogens is 352 g/mol. The quantitative estimate of drug-likeness (QED) is 0.741. The third-order valence-electron chi connectivity index (χ3n) is 4.25. The molecule has 1 aliphatic carbocycles. The van der Waals surface area contributed by atoms with Crippen molar-refractivity contribution in [3.63, 3.8) is 0 Å². The standard InChI is InChI=1S/C20H23ClN2O3/c1-5-23(15-8-13(2)10-20(3,4)11-15)18(24)12-25-19-22-16-9-14(21)6-7-17(16)26-19/h6-9,11H,5,10,12H2,1-4H3. The Bertz CT molecular complexity index is 896. The molecule has 138 valence electrons. The van der Waals surface area contributed by atoms with Gasteiger partial charge in [-0.05, 0) is 50.0 Å². The number of carbonyl (C=O) groups excluding carboxylic acids is 1. The van der Waals surface area contributed by atoms with E-state index >= 15 is 0 Å². The number of likely N-dealkylation sites (N-methyl/N-ethyl adjacent to an activating group) is 1. The molecule has 0 fully saturated rings. The predicted molar refractivity (Wildman–Crippen MR) is 102 cm³/mol. The molecule has 1 aromatic carbocycles. The highest BCUT2D eigenvalue weighted by Crippen LogP contribution is 2.34. The molecule has 1 heterocycles. The molecule has 0 saturated carbocycles. The van der Waals surface area contributed by atoms with E-state index in [1.807, 2.05) is 6.92 Å². The third-order valence-corrected chi connectivity index (χ3v) is 4.48. The number of halogens is 1. The largest absolute Gasteiger partial charge is 0.440 e. The fraction of sp³-hybridized carbons (Fsp3) is 0.400. The Hall–Kier alpha value is -2.27. The first-order valence-electron chi connectivity index (χ1n) is 8.67.